The van der Waals surface area contributed by atoms with E-state index >= 15 is 0 Å². The number of hydrogen-bond acceptors (Lipinski definition) is 5. The van der Waals surface area contributed by atoms with Crippen LogP contribution in [0.3, 0.4) is 0 Å². The minimum atomic E-state index is -0.223. The van der Waals surface area contributed by atoms with Gasteiger partial charge < -0.3 is 14.5 Å². The summed E-state index contributed by atoms with van der Waals surface area (Å²) >= 11 is 7.52. The molecule has 0 bridgehead atoms. The highest BCUT2D eigenvalue weighted by molar-refractivity contribution is 7.09. The molecular weight excluding hydrogens is 422 g/mol. The molecule has 2 heterocycles. The number of ether oxygens (including phenoxy) is 1. The molecule has 0 atom stereocenters. The number of halogens is 1. The van der Waals surface area contributed by atoms with Gasteiger partial charge in [-0.25, -0.2) is 0 Å². The highest BCUT2D eigenvalue weighted by atomic mass is 35.5. The quantitative estimate of drug-likeness (QED) is 0.449. The van der Waals surface area contributed by atoms with Gasteiger partial charge in [-0.1, -0.05) is 29.8 Å². The van der Waals surface area contributed by atoms with E-state index in [-0.39, 0.29) is 17.9 Å². The largest absolute Gasteiger partial charge is 0.484 e. The third-order valence-corrected chi connectivity index (χ3v) is 5.71. The van der Waals surface area contributed by atoms with Crippen molar-refractivity contribution >= 4 is 39.8 Å². The van der Waals surface area contributed by atoms with Gasteiger partial charge in [0.1, 0.15) is 17.1 Å². The van der Waals surface area contributed by atoms with Crippen LogP contribution in [0.25, 0.3) is 22.1 Å². The van der Waals surface area contributed by atoms with E-state index in [2.05, 4.69) is 5.32 Å². The van der Waals surface area contributed by atoms with Crippen molar-refractivity contribution in [1.29, 1.82) is 0 Å². The molecule has 0 radical (unpaired) electrons. The van der Waals surface area contributed by atoms with Crippen LogP contribution in [0.4, 0.5) is 0 Å². The smallest absolute Gasteiger partial charge is 0.258 e. The second-order valence-electron chi connectivity index (χ2n) is 6.67. The molecule has 4 rings (SSSR count). The normalized spacial score (nSPS) is 10.9. The van der Waals surface area contributed by atoms with Crippen molar-refractivity contribution in [2.24, 2.45) is 0 Å². The Labute approximate surface area is 181 Å². The fourth-order valence-electron chi connectivity index (χ4n) is 3.12. The van der Waals surface area contributed by atoms with Crippen molar-refractivity contribution in [3.05, 3.63) is 85.9 Å². The average molecular weight is 440 g/mol. The van der Waals surface area contributed by atoms with Crippen LogP contribution in [0, 0.1) is 6.92 Å². The molecule has 5 nitrogen and oxygen atoms in total. The number of carbonyl (C=O) groups excluding carboxylic acids is 1. The first-order valence-corrected chi connectivity index (χ1v) is 10.5. The Bertz CT molecular complexity index is 1250. The topological polar surface area (TPSA) is 68.5 Å². The number of thiophene rings is 1. The summed E-state index contributed by atoms with van der Waals surface area (Å²) in [4.78, 5) is 26.1. The van der Waals surface area contributed by atoms with E-state index in [1.165, 1.54) is 0 Å². The van der Waals surface area contributed by atoms with E-state index in [0.717, 1.165) is 10.4 Å². The molecule has 0 saturated heterocycles. The Hall–Kier alpha value is -3.09. The molecule has 2 aromatic carbocycles. The fraction of sp³-hybridized carbons (Fsp3) is 0.130. The Morgan fingerprint density at radius 3 is 2.70 bits per heavy atom. The van der Waals surface area contributed by atoms with Gasteiger partial charge in [-0.3, -0.25) is 9.59 Å². The molecule has 152 valence electrons. The molecule has 2 aromatic heterocycles. The second kappa shape index (κ2) is 8.73. The van der Waals surface area contributed by atoms with E-state index < -0.39 is 0 Å². The van der Waals surface area contributed by atoms with Gasteiger partial charge in [0.25, 0.3) is 5.91 Å². The van der Waals surface area contributed by atoms with Crippen LogP contribution < -0.4 is 15.5 Å². The van der Waals surface area contributed by atoms with Gasteiger partial charge in [-0.2, -0.15) is 0 Å². The van der Waals surface area contributed by atoms with Crippen molar-refractivity contribution in [1.82, 2.24) is 5.32 Å². The summed E-state index contributed by atoms with van der Waals surface area (Å²) in [6.45, 7) is 2.10. The lowest BCUT2D eigenvalue weighted by Gasteiger charge is -2.10. The number of nitrogens with one attached hydrogen (secondary N) is 1. The van der Waals surface area contributed by atoms with Crippen LogP contribution in [0.2, 0.25) is 5.02 Å². The molecule has 0 aliphatic carbocycles. The van der Waals surface area contributed by atoms with E-state index in [1.807, 2.05) is 17.5 Å². The molecule has 0 unspecified atom stereocenters. The van der Waals surface area contributed by atoms with Crippen molar-refractivity contribution in [2.45, 2.75) is 13.5 Å². The first-order valence-electron chi connectivity index (χ1n) is 9.26. The van der Waals surface area contributed by atoms with Crippen LogP contribution in [0.15, 0.2) is 69.2 Å². The minimum absolute atomic E-state index is 0.122. The van der Waals surface area contributed by atoms with Crippen LogP contribution in [0.1, 0.15) is 10.6 Å². The van der Waals surface area contributed by atoms with E-state index in [1.54, 1.807) is 60.7 Å². The molecule has 0 fully saturated rings. The number of aryl methyl sites for hydroxylation is 1. The summed E-state index contributed by atoms with van der Waals surface area (Å²) in [5, 5.41) is 5.81. The van der Waals surface area contributed by atoms with E-state index in [9.17, 15) is 9.59 Å². The lowest BCUT2D eigenvalue weighted by molar-refractivity contribution is -0.123. The molecule has 30 heavy (non-hydrogen) atoms. The van der Waals surface area contributed by atoms with Crippen LogP contribution in [0.5, 0.6) is 5.75 Å². The van der Waals surface area contributed by atoms with Gasteiger partial charge in [0, 0.05) is 16.0 Å². The second-order valence-corrected chi connectivity index (χ2v) is 8.14. The molecule has 0 aliphatic rings. The number of carbonyl (C=O) groups is 1. The number of rotatable bonds is 6. The lowest BCUT2D eigenvalue weighted by atomic mass is 10.0. The molecule has 1 amide bonds. The van der Waals surface area contributed by atoms with Crippen molar-refractivity contribution < 1.29 is 13.9 Å². The van der Waals surface area contributed by atoms with Crippen molar-refractivity contribution in [2.75, 3.05) is 6.61 Å². The van der Waals surface area contributed by atoms with Crippen LogP contribution in [-0.2, 0) is 11.3 Å². The Morgan fingerprint density at radius 1 is 1.17 bits per heavy atom. The standard InChI is InChI=1S/C23H18ClNO4S/c1-14-22(15-4-6-16(24)7-5-15)23(27)19-9-8-17(11-20(19)29-14)28-13-21(26)25-12-18-3-2-10-30-18/h2-11H,12-13H2,1H3,(H,25,26). The fourth-order valence-corrected chi connectivity index (χ4v) is 3.90. The first kappa shape index (κ1) is 20.2. The monoisotopic (exact) mass is 439 g/mol. The average Bonchev–Trinajstić information content (AvgIpc) is 3.25. The van der Waals surface area contributed by atoms with Gasteiger partial charge in [-0.15, -0.1) is 11.3 Å². The molecular formula is C23H18ClNO4S. The van der Waals surface area contributed by atoms with Gasteiger partial charge in [0.05, 0.1) is 17.5 Å². The highest BCUT2D eigenvalue weighted by Gasteiger charge is 2.14. The van der Waals surface area contributed by atoms with Crippen molar-refractivity contribution in [3.63, 3.8) is 0 Å². The zero-order chi connectivity index (χ0) is 21.1. The SMILES string of the molecule is Cc1oc2cc(OCC(=O)NCc3cccs3)ccc2c(=O)c1-c1ccc(Cl)cc1. The molecule has 0 aliphatic heterocycles. The van der Waals surface area contributed by atoms with E-state index in [4.69, 9.17) is 20.8 Å². The Balaban J connectivity index is 1.51. The van der Waals surface area contributed by atoms with Crippen LogP contribution in [-0.4, -0.2) is 12.5 Å². The third-order valence-electron chi connectivity index (χ3n) is 4.58. The summed E-state index contributed by atoms with van der Waals surface area (Å²) in [5.74, 6) is 0.732. The third kappa shape index (κ3) is 4.40. The minimum Gasteiger partial charge on any atom is -0.484 e. The zero-order valence-corrected chi connectivity index (χ0v) is 17.7. The maximum Gasteiger partial charge on any atom is 0.258 e. The molecule has 1 N–H and O–H groups in total. The lowest BCUT2D eigenvalue weighted by Crippen LogP contribution is -2.28. The van der Waals surface area contributed by atoms with Crippen LogP contribution >= 0.6 is 22.9 Å². The van der Waals surface area contributed by atoms with Gasteiger partial charge in [0.2, 0.25) is 5.43 Å². The first-order chi connectivity index (χ1) is 14.5. The number of fused-ring (bicyclic) bond motifs is 1. The summed E-state index contributed by atoms with van der Waals surface area (Å²) in [5.41, 5.74) is 1.53. The zero-order valence-electron chi connectivity index (χ0n) is 16.1. The molecule has 4 aromatic rings. The Kier molecular flexibility index (Phi) is 5.88. The van der Waals surface area contributed by atoms with E-state index in [0.29, 0.717) is 39.6 Å². The Morgan fingerprint density at radius 2 is 1.97 bits per heavy atom. The van der Waals surface area contributed by atoms with Gasteiger partial charge in [0.15, 0.2) is 6.61 Å². The summed E-state index contributed by atoms with van der Waals surface area (Å²) in [7, 11) is 0. The van der Waals surface area contributed by atoms with Gasteiger partial charge >= 0.3 is 0 Å². The predicted octanol–water partition coefficient (Wildman–Crippen LogP) is 5.18. The number of hydrogen-bond donors (Lipinski definition) is 1. The van der Waals surface area contributed by atoms with Crippen molar-refractivity contribution in [3.8, 4) is 16.9 Å². The molecule has 7 heteroatoms. The maximum absolute atomic E-state index is 13.0. The highest BCUT2D eigenvalue weighted by Crippen LogP contribution is 2.27. The molecule has 0 spiro atoms. The number of amides is 1. The number of benzene rings is 2. The maximum atomic E-state index is 13.0. The molecule has 0 saturated carbocycles. The predicted molar refractivity (Wildman–Crippen MR) is 119 cm³/mol. The summed E-state index contributed by atoms with van der Waals surface area (Å²) in [6.07, 6.45) is 0. The summed E-state index contributed by atoms with van der Waals surface area (Å²) < 4.78 is 11.5. The summed E-state index contributed by atoms with van der Waals surface area (Å²) in [6, 6.07) is 15.9. The van der Waals surface area contributed by atoms with Gasteiger partial charge in [-0.05, 0) is 48.2 Å².